The Morgan fingerprint density at radius 2 is 1.83 bits per heavy atom. The van der Waals surface area contributed by atoms with Gasteiger partial charge in [0.2, 0.25) is 0 Å². The van der Waals surface area contributed by atoms with E-state index in [1.54, 1.807) is 6.07 Å². The maximum Gasteiger partial charge on any atom is 0.144 e. The summed E-state index contributed by atoms with van der Waals surface area (Å²) in [5, 5.41) is 10.4. The maximum atomic E-state index is 8.50. The van der Waals surface area contributed by atoms with Crippen LogP contribution in [0.25, 0.3) is 33.2 Å². The van der Waals surface area contributed by atoms with Crippen LogP contribution >= 0.6 is 0 Å². The van der Waals surface area contributed by atoms with Gasteiger partial charge in [-0.2, -0.15) is 10.2 Å². The van der Waals surface area contributed by atoms with Gasteiger partial charge in [0.25, 0.3) is 0 Å². The molecule has 2 aromatic heterocycles. The Morgan fingerprint density at radius 3 is 2.67 bits per heavy atom. The molecule has 0 aliphatic carbocycles. The fourth-order valence-electron chi connectivity index (χ4n) is 2.95. The lowest BCUT2D eigenvalue weighted by Crippen LogP contribution is -2.09. The zero-order valence-corrected chi connectivity index (χ0v) is 14.0. The number of rotatable bonds is 2. The lowest BCUT2D eigenvalue weighted by molar-refractivity contribution is 0.410. The first-order chi connectivity index (χ1) is 12.3. The Balaban J connectivity index is 1.93. The van der Waals surface area contributed by atoms with E-state index in [4.69, 9.17) is 7.16 Å². The van der Waals surface area contributed by atoms with Crippen LogP contribution in [0.4, 0.5) is 0 Å². The second-order valence-electron chi connectivity index (χ2n) is 6.98. The van der Waals surface area contributed by atoms with Crippen LogP contribution in [-0.4, -0.2) is 10.2 Å². The summed E-state index contributed by atoms with van der Waals surface area (Å²) in [6.07, 6.45) is -0.0208. The van der Waals surface area contributed by atoms with Crippen LogP contribution in [0.2, 0.25) is 0 Å². The Bertz CT molecular complexity index is 1110. The van der Waals surface area contributed by atoms with Gasteiger partial charge in [0.1, 0.15) is 11.2 Å². The number of fused-ring (bicyclic) bond motifs is 3. The number of nitrogens with zero attached hydrogens (tertiary/aromatic N) is 2. The second-order valence-corrected chi connectivity index (χ2v) is 6.98. The van der Waals surface area contributed by atoms with Crippen LogP contribution < -0.4 is 0 Å². The van der Waals surface area contributed by atoms with Crippen LogP contribution in [0.5, 0.6) is 0 Å². The van der Waals surface area contributed by atoms with Crippen LogP contribution in [0.1, 0.15) is 29.1 Å². The van der Waals surface area contributed by atoms with Crippen molar-refractivity contribution in [3.63, 3.8) is 0 Å². The molecule has 120 valence electrons. The normalized spacial score (nSPS) is 14.0. The van der Waals surface area contributed by atoms with Crippen LogP contribution in [-0.2, 0) is 6.37 Å². The molecular weight excluding hydrogens is 296 g/mol. The molecule has 24 heavy (non-hydrogen) atoms. The molecule has 2 heterocycles. The molecule has 4 aromatic rings. The average Bonchev–Trinajstić information content (AvgIpc) is 2.99. The zero-order chi connectivity index (χ0) is 18.5. The molecule has 0 spiro atoms. The minimum atomic E-state index is -1.53. The van der Waals surface area contributed by atoms with Gasteiger partial charge in [-0.05, 0) is 35.6 Å². The van der Waals surface area contributed by atoms with Crippen molar-refractivity contribution >= 4 is 21.9 Å². The van der Waals surface area contributed by atoms with Gasteiger partial charge in [-0.3, -0.25) is 0 Å². The molecule has 0 unspecified atom stereocenters. The molecule has 4 rings (SSSR count). The van der Waals surface area contributed by atoms with E-state index in [-0.39, 0.29) is 0 Å². The van der Waals surface area contributed by atoms with Crippen molar-refractivity contribution in [3.05, 3.63) is 60.3 Å². The first-order valence-corrected chi connectivity index (χ1v) is 8.03. The van der Waals surface area contributed by atoms with Crippen molar-refractivity contribution in [2.24, 2.45) is 5.41 Å². The summed E-state index contributed by atoms with van der Waals surface area (Å²) in [6, 6.07) is 15.6. The summed E-state index contributed by atoms with van der Waals surface area (Å²) >= 11 is 0. The minimum Gasteiger partial charge on any atom is -0.455 e. The van der Waals surface area contributed by atoms with E-state index in [1.165, 1.54) is 6.20 Å². The van der Waals surface area contributed by atoms with Crippen molar-refractivity contribution in [2.45, 2.75) is 27.1 Å². The monoisotopic (exact) mass is 318 g/mol. The molecule has 0 radical (unpaired) electrons. The molecule has 0 saturated heterocycles. The predicted octanol–water partition coefficient (Wildman–Crippen LogP) is 5.63. The summed E-state index contributed by atoms with van der Waals surface area (Å²) in [7, 11) is 0. The Kier molecular flexibility index (Phi) is 2.88. The molecule has 0 saturated carbocycles. The van der Waals surface area contributed by atoms with E-state index < -0.39 is 11.8 Å². The number of para-hydroxylation sites is 2. The molecular formula is C21H20N2O. The number of hydrogen-bond acceptors (Lipinski definition) is 3. The highest BCUT2D eigenvalue weighted by Crippen LogP contribution is 2.35. The maximum absolute atomic E-state index is 8.50. The fourth-order valence-corrected chi connectivity index (χ4v) is 2.95. The van der Waals surface area contributed by atoms with Crippen LogP contribution in [0.3, 0.4) is 0 Å². The summed E-state index contributed by atoms with van der Waals surface area (Å²) in [5.41, 5.74) is 2.96. The quantitative estimate of drug-likeness (QED) is 0.480. The summed E-state index contributed by atoms with van der Waals surface area (Å²) < 4.78 is 23.1. The molecule has 0 atom stereocenters. The predicted molar refractivity (Wildman–Crippen MR) is 97.9 cm³/mol. The highest BCUT2D eigenvalue weighted by Gasteiger charge is 2.15. The van der Waals surface area contributed by atoms with E-state index in [9.17, 15) is 0 Å². The molecule has 0 fully saturated rings. The van der Waals surface area contributed by atoms with Gasteiger partial charge in [0, 0.05) is 19.1 Å². The first kappa shape index (κ1) is 12.7. The smallest absolute Gasteiger partial charge is 0.144 e. The molecule has 0 aliphatic heterocycles. The molecule has 0 aliphatic rings. The number of furan rings is 1. The summed E-state index contributed by atoms with van der Waals surface area (Å²) in [6.45, 7) is 5.65. The van der Waals surface area contributed by atoms with E-state index >= 15 is 0 Å². The Morgan fingerprint density at radius 1 is 1.04 bits per heavy atom. The second kappa shape index (κ2) is 5.45. The number of benzene rings is 2. The fraction of sp³-hybridized carbons (Fsp3) is 0.238. The SMILES string of the molecule is [2H]C([2H])(c1cnnc(-c2cccc3c2oc2ccccc23)c1)C(C)(C)C. The van der Waals surface area contributed by atoms with E-state index in [0.717, 1.165) is 27.5 Å². The summed E-state index contributed by atoms with van der Waals surface area (Å²) in [5.74, 6) is 0. The van der Waals surface area contributed by atoms with E-state index in [1.807, 2.05) is 63.2 Å². The van der Waals surface area contributed by atoms with Gasteiger partial charge >= 0.3 is 0 Å². The van der Waals surface area contributed by atoms with Crippen molar-refractivity contribution in [1.29, 1.82) is 0 Å². The van der Waals surface area contributed by atoms with Crippen LogP contribution in [0.15, 0.2) is 59.1 Å². The summed E-state index contributed by atoms with van der Waals surface area (Å²) in [4.78, 5) is 0. The topological polar surface area (TPSA) is 38.9 Å². The Labute approximate surface area is 144 Å². The molecule has 2 aromatic carbocycles. The third kappa shape index (κ3) is 2.67. The average molecular weight is 318 g/mol. The van der Waals surface area contributed by atoms with Crippen molar-refractivity contribution in [1.82, 2.24) is 10.2 Å². The standard InChI is InChI=1S/C21H20N2O/c1-21(2,3)12-14-11-18(23-22-13-14)17-9-6-8-16-15-7-4-5-10-19(15)24-20(16)17/h4-11,13H,12H2,1-3H3/i12D2. The molecule has 0 N–H and O–H groups in total. The van der Waals surface area contributed by atoms with Gasteiger partial charge in [-0.25, -0.2) is 0 Å². The third-order valence-corrected chi connectivity index (χ3v) is 3.85. The number of hydrogen-bond donors (Lipinski definition) is 0. The van der Waals surface area contributed by atoms with Crippen LogP contribution in [0, 0.1) is 5.41 Å². The van der Waals surface area contributed by atoms with Gasteiger partial charge < -0.3 is 4.42 Å². The largest absolute Gasteiger partial charge is 0.455 e. The van der Waals surface area contributed by atoms with Crippen molar-refractivity contribution < 1.29 is 7.16 Å². The first-order valence-electron chi connectivity index (χ1n) is 9.03. The van der Waals surface area contributed by atoms with Gasteiger partial charge in [0.15, 0.2) is 0 Å². The van der Waals surface area contributed by atoms with Crippen molar-refractivity contribution in [2.75, 3.05) is 0 Å². The third-order valence-electron chi connectivity index (χ3n) is 3.85. The number of aromatic nitrogens is 2. The lowest BCUT2D eigenvalue weighted by atomic mass is 9.88. The molecule has 3 nitrogen and oxygen atoms in total. The lowest BCUT2D eigenvalue weighted by Gasteiger charge is -2.17. The van der Waals surface area contributed by atoms with E-state index in [0.29, 0.717) is 11.3 Å². The Hall–Kier alpha value is -2.68. The molecule has 0 amide bonds. The van der Waals surface area contributed by atoms with Gasteiger partial charge in [-0.15, -0.1) is 0 Å². The van der Waals surface area contributed by atoms with Crippen molar-refractivity contribution in [3.8, 4) is 11.3 Å². The van der Waals surface area contributed by atoms with E-state index in [2.05, 4.69) is 10.2 Å². The zero-order valence-electron chi connectivity index (χ0n) is 16.0. The van der Waals surface area contributed by atoms with Gasteiger partial charge in [-0.1, -0.05) is 51.1 Å². The molecule has 3 heteroatoms. The highest BCUT2D eigenvalue weighted by atomic mass is 16.3. The highest BCUT2D eigenvalue weighted by molar-refractivity contribution is 6.09. The van der Waals surface area contributed by atoms with Gasteiger partial charge in [0.05, 0.1) is 11.9 Å². The minimum absolute atomic E-state index is 0.517. The molecule has 0 bridgehead atoms.